The van der Waals surface area contributed by atoms with Gasteiger partial charge in [-0.15, -0.1) is 11.3 Å². The number of benzene rings is 2. The Hall–Kier alpha value is -2.92. The SMILES string of the molecule is CC[C@@H](C(=O)Nc1cccc(C(=O)N2CCc3sccc3C2)c1C)c1ccccc1. The van der Waals surface area contributed by atoms with Crippen molar-refractivity contribution in [1.29, 1.82) is 0 Å². The fraction of sp³-hybridized carbons (Fsp3) is 0.280. The van der Waals surface area contributed by atoms with Crippen LogP contribution in [0.5, 0.6) is 0 Å². The van der Waals surface area contributed by atoms with Crippen molar-refractivity contribution in [2.45, 2.75) is 39.2 Å². The maximum absolute atomic E-state index is 13.2. The second-order valence-corrected chi connectivity index (χ2v) is 8.69. The van der Waals surface area contributed by atoms with Gasteiger partial charge >= 0.3 is 0 Å². The molecule has 4 rings (SSSR count). The molecule has 30 heavy (non-hydrogen) atoms. The van der Waals surface area contributed by atoms with Crippen molar-refractivity contribution >= 4 is 28.8 Å². The Balaban J connectivity index is 1.53. The summed E-state index contributed by atoms with van der Waals surface area (Å²) >= 11 is 1.76. The van der Waals surface area contributed by atoms with Crippen LogP contribution in [0.15, 0.2) is 60.0 Å². The third-order valence-corrected chi connectivity index (χ3v) is 6.87. The second-order valence-electron chi connectivity index (χ2n) is 7.68. The molecule has 2 amide bonds. The standard InChI is InChI=1S/C25H26N2O2S/c1-3-20(18-8-5-4-6-9-18)24(28)26-22-11-7-10-21(17(22)2)25(29)27-14-12-23-19(16-27)13-15-30-23/h4-11,13,15,20H,3,12,14,16H2,1-2H3,(H,26,28)/t20-/m1/s1. The number of anilines is 1. The van der Waals surface area contributed by atoms with E-state index < -0.39 is 0 Å². The minimum absolute atomic E-state index is 0.0237. The molecule has 0 radical (unpaired) electrons. The Morgan fingerprint density at radius 3 is 2.67 bits per heavy atom. The van der Waals surface area contributed by atoms with Crippen LogP contribution < -0.4 is 5.32 Å². The number of nitrogens with zero attached hydrogens (tertiary/aromatic N) is 1. The maximum atomic E-state index is 13.2. The highest BCUT2D eigenvalue weighted by Crippen LogP contribution is 2.28. The molecule has 1 atom stereocenters. The average molecular weight is 419 g/mol. The van der Waals surface area contributed by atoms with Gasteiger partial charge in [0.2, 0.25) is 5.91 Å². The quantitative estimate of drug-likeness (QED) is 0.604. The molecule has 0 fully saturated rings. The molecular formula is C25H26N2O2S. The van der Waals surface area contributed by atoms with Gasteiger partial charge in [0.15, 0.2) is 0 Å². The molecule has 0 bridgehead atoms. The van der Waals surface area contributed by atoms with E-state index in [-0.39, 0.29) is 17.7 Å². The Bertz CT molecular complexity index is 1060. The molecule has 1 aliphatic heterocycles. The summed E-state index contributed by atoms with van der Waals surface area (Å²) in [6.07, 6.45) is 1.62. The van der Waals surface area contributed by atoms with E-state index in [2.05, 4.69) is 16.8 Å². The van der Waals surface area contributed by atoms with E-state index in [1.165, 1.54) is 10.4 Å². The lowest BCUT2D eigenvalue weighted by Crippen LogP contribution is -2.35. The van der Waals surface area contributed by atoms with Gasteiger partial charge in [-0.2, -0.15) is 0 Å². The van der Waals surface area contributed by atoms with E-state index in [9.17, 15) is 9.59 Å². The highest BCUT2D eigenvalue weighted by atomic mass is 32.1. The molecule has 0 aliphatic carbocycles. The summed E-state index contributed by atoms with van der Waals surface area (Å²) in [6, 6.07) is 17.5. The van der Waals surface area contributed by atoms with E-state index in [0.717, 1.165) is 24.1 Å². The lowest BCUT2D eigenvalue weighted by atomic mass is 9.95. The van der Waals surface area contributed by atoms with E-state index >= 15 is 0 Å². The van der Waals surface area contributed by atoms with Crippen LogP contribution in [-0.4, -0.2) is 23.3 Å². The topological polar surface area (TPSA) is 49.4 Å². The smallest absolute Gasteiger partial charge is 0.254 e. The Labute approximate surface area is 181 Å². The number of nitrogens with one attached hydrogen (secondary N) is 1. The molecular weight excluding hydrogens is 392 g/mol. The zero-order valence-corrected chi connectivity index (χ0v) is 18.2. The van der Waals surface area contributed by atoms with Crippen LogP contribution in [-0.2, 0) is 17.8 Å². The highest BCUT2D eigenvalue weighted by Gasteiger charge is 2.25. The van der Waals surface area contributed by atoms with Crippen LogP contribution in [0.3, 0.4) is 0 Å². The minimum atomic E-state index is -0.218. The third kappa shape index (κ3) is 4.03. The molecule has 0 saturated carbocycles. The number of thiophene rings is 1. The maximum Gasteiger partial charge on any atom is 0.254 e. The van der Waals surface area contributed by atoms with Gasteiger partial charge in [0.25, 0.3) is 5.91 Å². The molecule has 5 heteroatoms. The van der Waals surface area contributed by atoms with Crippen LogP contribution in [0.4, 0.5) is 5.69 Å². The minimum Gasteiger partial charge on any atom is -0.334 e. The summed E-state index contributed by atoms with van der Waals surface area (Å²) in [5.74, 6) is -0.239. The van der Waals surface area contributed by atoms with Crippen LogP contribution >= 0.6 is 11.3 Å². The monoisotopic (exact) mass is 418 g/mol. The zero-order valence-electron chi connectivity index (χ0n) is 17.4. The number of fused-ring (bicyclic) bond motifs is 1. The summed E-state index contributed by atoms with van der Waals surface area (Å²) in [6.45, 7) is 5.30. The first kappa shape index (κ1) is 20.4. The Morgan fingerprint density at radius 1 is 1.10 bits per heavy atom. The molecule has 4 nitrogen and oxygen atoms in total. The van der Waals surface area contributed by atoms with Gasteiger partial charge in [-0.1, -0.05) is 43.3 Å². The van der Waals surface area contributed by atoms with Gasteiger partial charge < -0.3 is 10.2 Å². The lowest BCUT2D eigenvalue weighted by Gasteiger charge is -2.28. The first-order valence-electron chi connectivity index (χ1n) is 10.4. The lowest BCUT2D eigenvalue weighted by molar-refractivity contribution is -0.117. The van der Waals surface area contributed by atoms with Crippen molar-refractivity contribution in [3.8, 4) is 0 Å². The molecule has 0 spiro atoms. The van der Waals surface area contributed by atoms with E-state index in [1.807, 2.05) is 67.3 Å². The van der Waals surface area contributed by atoms with Gasteiger partial charge in [0, 0.05) is 29.2 Å². The molecule has 0 unspecified atom stereocenters. The molecule has 1 aromatic heterocycles. The van der Waals surface area contributed by atoms with E-state index in [0.29, 0.717) is 24.2 Å². The molecule has 1 aliphatic rings. The second kappa shape index (κ2) is 8.84. The van der Waals surface area contributed by atoms with Crippen LogP contribution in [0.25, 0.3) is 0 Å². The largest absolute Gasteiger partial charge is 0.334 e. The summed E-state index contributed by atoms with van der Waals surface area (Å²) in [7, 11) is 0. The molecule has 0 saturated heterocycles. The summed E-state index contributed by atoms with van der Waals surface area (Å²) < 4.78 is 0. The molecule has 2 heterocycles. The normalized spacial score (nSPS) is 14.1. The molecule has 3 aromatic rings. The van der Waals surface area contributed by atoms with Gasteiger partial charge in [0.05, 0.1) is 5.92 Å². The predicted octanol–water partition coefficient (Wildman–Crippen LogP) is 5.39. The first-order chi connectivity index (χ1) is 14.6. The van der Waals surface area contributed by atoms with Crippen molar-refractivity contribution in [2.24, 2.45) is 0 Å². The van der Waals surface area contributed by atoms with Gasteiger partial charge in [-0.25, -0.2) is 0 Å². The number of carbonyl (C=O) groups is 2. The fourth-order valence-corrected chi connectivity index (χ4v) is 4.96. The van der Waals surface area contributed by atoms with Crippen LogP contribution in [0.2, 0.25) is 0 Å². The third-order valence-electron chi connectivity index (χ3n) is 5.84. The number of amides is 2. The fourth-order valence-electron chi connectivity index (χ4n) is 4.07. The average Bonchev–Trinajstić information content (AvgIpc) is 3.24. The van der Waals surface area contributed by atoms with Crippen molar-refractivity contribution in [1.82, 2.24) is 4.90 Å². The van der Waals surface area contributed by atoms with E-state index in [1.54, 1.807) is 11.3 Å². The van der Waals surface area contributed by atoms with Gasteiger partial charge in [-0.05, 0) is 60.0 Å². The zero-order chi connectivity index (χ0) is 21.1. The number of carbonyl (C=O) groups excluding carboxylic acids is 2. The molecule has 1 N–H and O–H groups in total. The molecule has 154 valence electrons. The van der Waals surface area contributed by atoms with Crippen molar-refractivity contribution < 1.29 is 9.59 Å². The summed E-state index contributed by atoms with van der Waals surface area (Å²) in [5.41, 5.74) is 4.42. The predicted molar refractivity (Wildman–Crippen MR) is 122 cm³/mol. The van der Waals surface area contributed by atoms with Crippen molar-refractivity contribution in [3.63, 3.8) is 0 Å². The number of hydrogen-bond donors (Lipinski definition) is 1. The summed E-state index contributed by atoms with van der Waals surface area (Å²) in [4.78, 5) is 29.5. The highest BCUT2D eigenvalue weighted by molar-refractivity contribution is 7.10. The van der Waals surface area contributed by atoms with Gasteiger partial charge in [0.1, 0.15) is 0 Å². The van der Waals surface area contributed by atoms with Crippen LogP contribution in [0, 0.1) is 6.92 Å². The Kier molecular flexibility index (Phi) is 6.00. The van der Waals surface area contributed by atoms with Gasteiger partial charge in [-0.3, -0.25) is 9.59 Å². The molecule has 2 aromatic carbocycles. The summed E-state index contributed by atoms with van der Waals surface area (Å²) in [5, 5.41) is 5.16. The van der Waals surface area contributed by atoms with Crippen molar-refractivity contribution in [3.05, 3.63) is 87.1 Å². The van der Waals surface area contributed by atoms with E-state index in [4.69, 9.17) is 0 Å². The first-order valence-corrected chi connectivity index (χ1v) is 11.3. The number of rotatable bonds is 5. The Morgan fingerprint density at radius 2 is 1.90 bits per heavy atom. The number of hydrogen-bond acceptors (Lipinski definition) is 3. The van der Waals surface area contributed by atoms with Crippen molar-refractivity contribution in [2.75, 3.05) is 11.9 Å². The van der Waals surface area contributed by atoms with Crippen LogP contribution in [0.1, 0.15) is 51.2 Å².